The molecule has 4 nitrogen and oxygen atoms in total. The maximum absolute atomic E-state index is 4.53. The molecule has 3 rings (SSSR count). The van der Waals surface area contributed by atoms with Crippen LogP contribution in [0.2, 0.25) is 0 Å². The van der Waals surface area contributed by atoms with Crippen LogP contribution in [0.5, 0.6) is 0 Å². The molecular formula is C16H18N4. The van der Waals surface area contributed by atoms with E-state index >= 15 is 0 Å². The molecule has 0 unspecified atom stereocenters. The molecule has 4 heteroatoms. The fraction of sp³-hybridized carbons (Fsp3) is 0.250. The van der Waals surface area contributed by atoms with Gasteiger partial charge in [-0.2, -0.15) is 5.10 Å². The zero-order valence-electron chi connectivity index (χ0n) is 12.3. The third kappa shape index (κ3) is 2.03. The van der Waals surface area contributed by atoms with Gasteiger partial charge in [0.25, 0.3) is 0 Å². The minimum absolute atomic E-state index is 0.840. The Kier molecular flexibility index (Phi) is 2.93. The molecule has 0 saturated heterocycles. The van der Waals surface area contributed by atoms with Gasteiger partial charge in [0.1, 0.15) is 0 Å². The summed E-state index contributed by atoms with van der Waals surface area (Å²) in [6.07, 6.45) is 1.90. The van der Waals surface area contributed by atoms with E-state index in [0.717, 1.165) is 23.0 Å². The normalized spacial score (nSPS) is 11.0. The third-order valence-electron chi connectivity index (χ3n) is 3.48. The van der Waals surface area contributed by atoms with E-state index in [4.69, 9.17) is 0 Å². The summed E-state index contributed by atoms with van der Waals surface area (Å²) in [6.45, 7) is 6.14. The first-order valence-corrected chi connectivity index (χ1v) is 6.68. The molecule has 2 aromatic heterocycles. The number of rotatable bonds is 2. The molecule has 1 aromatic carbocycles. The zero-order valence-corrected chi connectivity index (χ0v) is 12.3. The van der Waals surface area contributed by atoms with Crippen molar-refractivity contribution in [1.82, 2.24) is 19.3 Å². The van der Waals surface area contributed by atoms with Crippen LogP contribution in [-0.2, 0) is 7.05 Å². The van der Waals surface area contributed by atoms with Crippen LogP contribution in [0.4, 0.5) is 0 Å². The lowest BCUT2D eigenvalue weighted by Gasteiger charge is -2.07. The molecule has 0 N–H and O–H groups in total. The van der Waals surface area contributed by atoms with Gasteiger partial charge in [0.2, 0.25) is 5.95 Å². The van der Waals surface area contributed by atoms with Crippen LogP contribution in [-0.4, -0.2) is 19.3 Å². The molecule has 0 spiro atoms. The first-order chi connectivity index (χ1) is 9.56. The van der Waals surface area contributed by atoms with E-state index < -0.39 is 0 Å². The quantitative estimate of drug-likeness (QED) is 0.714. The minimum atomic E-state index is 0.840. The van der Waals surface area contributed by atoms with Gasteiger partial charge in [0, 0.05) is 18.3 Å². The van der Waals surface area contributed by atoms with E-state index in [1.54, 1.807) is 0 Å². The Morgan fingerprint density at radius 3 is 2.50 bits per heavy atom. The molecule has 3 aromatic rings. The molecule has 2 heterocycles. The summed E-state index contributed by atoms with van der Waals surface area (Å²) in [7, 11) is 2.02. The molecule has 0 fully saturated rings. The maximum Gasteiger partial charge on any atom is 0.231 e. The monoisotopic (exact) mass is 266 g/mol. The fourth-order valence-electron chi connectivity index (χ4n) is 2.50. The number of imidazole rings is 1. The van der Waals surface area contributed by atoms with Gasteiger partial charge in [-0.25, -0.2) is 9.67 Å². The number of hydrogen-bond acceptors (Lipinski definition) is 2. The molecule has 0 atom stereocenters. The van der Waals surface area contributed by atoms with Crippen LogP contribution in [0, 0.1) is 20.8 Å². The Balaban J connectivity index is 2.12. The van der Waals surface area contributed by atoms with Gasteiger partial charge in [0.05, 0.1) is 17.6 Å². The summed E-state index contributed by atoms with van der Waals surface area (Å²) in [5.41, 5.74) is 5.61. The second kappa shape index (κ2) is 4.63. The number of hydrogen-bond donors (Lipinski definition) is 0. The topological polar surface area (TPSA) is 35.6 Å². The summed E-state index contributed by atoms with van der Waals surface area (Å²) in [6, 6.07) is 10.5. The molecule has 0 amide bonds. The van der Waals surface area contributed by atoms with Crippen LogP contribution in [0.1, 0.15) is 17.0 Å². The van der Waals surface area contributed by atoms with Crippen LogP contribution in [0.3, 0.4) is 0 Å². The first kappa shape index (κ1) is 12.7. The van der Waals surface area contributed by atoms with E-state index in [2.05, 4.69) is 51.9 Å². The summed E-state index contributed by atoms with van der Waals surface area (Å²) >= 11 is 0. The second-order valence-corrected chi connectivity index (χ2v) is 5.21. The first-order valence-electron chi connectivity index (χ1n) is 6.68. The van der Waals surface area contributed by atoms with Crippen molar-refractivity contribution in [2.45, 2.75) is 20.8 Å². The molecule has 0 aliphatic carbocycles. The summed E-state index contributed by atoms with van der Waals surface area (Å²) in [5, 5.41) is 4.50. The number of aromatic nitrogens is 4. The van der Waals surface area contributed by atoms with E-state index in [1.165, 1.54) is 11.1 Å². The van der Waals surface area contributed by atoms with Gasteiger partial charge in [-0.1, -0.05) is 23.8 Å². The summed E-state index contributed by atoms with van der Waals surface area (Å²) in [4.78, 5) is 4.53. The van der Waals surface area contributed by atoms with Crippen molar-refractivity contribution in [2.75, 3.05) is 0 Å². The number of aryl methyl sites for hydroxylation is 3. The van der Waals surface area contributed by atoms with Crippen molar-refractivity contribution in [1.29, 1.82) is 0 Å². The van der Waals surface area contributed by atoms with E-state index in [9.17, 15) is 0 Å². The van der Waals surface area contributed by atoms with Crippen LogP contribution in [0.25, 0.3) is 17.2 Å². The lowest BCUT2D eigenvalue weighted by Crippen LogP contribution is -2.07. The Morgan fingerprint density at radius 2 is 1.85 bits per heavy atom. The summed E-state index contributed by atoms with van der Waals surface area (Å²) < 4.78 is 3.96. The lowest BCUT2D eigenvalue weighted by molar-refractivity contribution is 0.729. The van der Waals surface area contributed by atoms with Gasteiger partial charge in [-0.15, -0.1) is 0 Å². The average molecular weight is 266 g/mol. The van der Waals surface area contributed by atoms with E-state index in [1.807, 2.05) is 31.8 Å². The van der Waals surface area contributed by atoms with Gasteiger partial charge >= 0.3 is 0 Å². The largest absolute Gasteiger partial charge is 0.311 e. The maximum atomic E-state index is 4.53. The molecule has 0 saturated carbocycles. The van der Waals surface area contributed by atoms with Gasteiger partial charge in [0.15, 0.2) is 0 Å². The van der Waals surface area contributed by atoms with Crippen molar-refractivity contribution >= 4 is 0 Å². The standard InChI is InChI=1S/C16H18N4/c1-11-6-5-7-14(8-11)15-10-17-16(19(15)4)20-13(3)9-12(2)18-20/h5-10H,1-4H3. The highest BCUT2D eigenvalue weighted by atomic mass is 15.4. The Hall–Kier alpha value is -2.36. The predicted molar refractivity (Wildman–Crippen MR) is 80.0 cm³/mol. The van der Waals surface area contributed by atoms with Crippen LogP contribution < -0.4 is 0 Å². The second-order valence-electron chi connectivity index (χ2n) is 5.21. The van der Waals surface area contributed by atoms with Gasteiger partial charge in [-0.3, -0.25) is 0 Å². The Morgan fingerprint density at radius 1 is 1.05 bits per heavy atom. The van der Waals surface area contributed by atoms with Crippen molar-refractivity contribution in [3.63, 3.8) is 0 Å². The predicted octanol–water partition coefficient (Wildman–Crippen LogP) is 3.20. The van der Waals surface area contributed by atoms with Crippen molar-refractivity contribution in [3.05, 3.63) is 53.5 Å². The average Bonchev–Trinajstić information content (AvgIpc) is 2.92. The van der Waals surface area contributed by atoms with Gasteiger partial charge in [-0.05, 0) is 32.9 Å². The smallest absolute Gasteiger partial charge is 0.231 e. The molecule has 102 valence electrons. The van der Waals surface area contributed by atoms with Crippen LogP contribution in [0.15, 0.2) is 36.5 Å². The summed E-state index contributed by atoms with van der Waals surface area (Å²) in [5.74, 6) is 0.840. The highest BCUT2D eigenvalue weighted by molar-refractivity contribution is 5.61. The Bertz CT molecular complexity index is 765. The minimum Gasteiger partial charge on any atom is -0.311 e. The molecule has 0 aliphatic rings. The SMILES string of the molecule is Cc1cccc(-c2cnc(-n3nc(C)cc3C)n2C)c1. The van der Waals surface area contributed by atoms with Crippen LogP contribution >= 0.6 is 0 Å². The molecule has 20 heavy (non-hydrogen) atoms. The zero-order chi connectivity index (χ0) is 14.3. The molecule has 0 radical (unpaired) electrons. The van der Waals surface area contributed by atoms with Crippen molar-refractivity contribution in [2.24, 2.45) is 7.05 Å². The molecule has 0 aliphatic heterocycles. The lowest BCUT2D eigenvalue weighted by atomic mass is 10.1. The van der Waals surface area contributed by atoms with E-state index in [0.29, 0.717) is 0 Å². The molecule has 0 bridgehead atoms. The highest BCUT2D eigenvalue weighted by Gasteiger charge is 2.13. The Labute approximate surface area is 118 Å². The van der Waals surface area contributed by atoms with Gasteiger partial charge < -0.3 is 4.57 Å². The highest BCUT2D eigenvalue weighted by Crippen LogP contribution is 2.22. The fourth-order valence-corrected chi connectivity index (χ4v) is 2.50. The third-order valence-corrected chi connectivity index (χ3v) is 3.48. The van der Waals surface area contributed by atoms with Crippen molar-refractivity contribution in [3.8, 4) is 17.2 Å². The van der Waals surface area contributed by atoms with Crippen molar-refractivity contribution < 1.29 is 0 Å². The van der Waals surface area contributed by atoms with E-state index in [-0.39, 0.29) is 0 Å². The molecular weight excluding hydrogens is 248 g/mol. The number of benzene rings is 1. The number of nitrogens with zero attached hydrogens (tertiary/aromatic N) is 4.